The third-order valence-electron chi connectivity index (χ3n) is 1.33. The number of aromatic nitrogens is 3. The molecule has 66 valence electrons. The number of nitrogens with zero attached hydrogens (tertiary/aromatic N) is 3. The van der Waals surface area contributed by atoms with E-state index >= 15 is 0 Å². The molecule has 0 aliphatic heterocycles. The first kappa shape index (κ1) is 9.23. The Morgan fingerprint density at radius 2 is 1.85 bits per heavy atom. The summed E-state index contributed by atoms with van der Waals surface area (Å²) in [6.07, 6.45) is 3.41. The van der Waals surface area contributed by atoms with Gasteiger partial charge in [0.15, 0.2) is 9.74 Å². The van der Waals surface area contributed by atoms with Crippen LogP contribution in [-0.2, 0) is 0 Å². The molecule has 0 saturated heterocycles. The molecule has 3 nitrogen and oxygen atoms in total. The molecule has 2 aromatic heterocycles. The zero-order chi connectivity index (χ0) is 9.26. The highest BCUT2D eigenvalue weighted by atomic mass is 79.9. The first-order chi connectivity index (χ1) is 6.25. The maximum Gasteiger partial charge on any atom is 0.179 e. The van der Waals surface area contributed by atoms with Gasteiger partial charge in [-0.15, -0.1) is 11.3 Å². The van der Waals surface area contributed by atoms with Crippen molar-refractivity contribution in [2.45, 2.75) is 0 Å². The van der Waals surface area contributed by atoms with E-state index in [1.165, 1.54) is 11.3 Å². The molecule has 0 fully saturated rings. The van der Waals surface area contributed by atoms with Crippen molar-refractivity contribution in [2.75, 3.05) is 0 Å². The quantitative estimate of drug-likeness (QED) is 0.810. The highest BCUT2D eigenvalue weighted by Crippen LogP contribution is 2.22. The lowest BCUT2D eigenvalue weighted by Crippen LogP contribution is -1.87. The summed E-state index contributed by atoms with van der Waals surface area (Å²) >= 11 is 8.07. The lowest BCUT2D eigenvalue weighted by Gasteiger charge is -1.93. The van der Waals surface area contributed by atoms with E-state index in [1.54, 1.807) is 12.4 Å². The van der Waals surface area contributed by atoms with Crippen LogP contribution in [0.2, 0.25) is 0 Å². The predicted octanol–water partition coefficient (Wildman–Crippen LogP) is 3.13. The van der Waals surface area contributed by atoms with E-state index in [0.29, 0.717) is 5.82 Å². The number of halogens is 2. The van der Waals surface area contributed by atoms with Crippen LogP contribution in [0.25, 0.3) is 11.5 Å². The minimum absolute atomic E-state index is 0.644. The Labute approximate surface area is 95.5 Å². The molecule has 0 unspecified atom stereocenters. The standard InChI is InChI=1S/C7H3Br2N3S/c8-4-1-10-6(11-2-4)5-3-13-7(9)12-5/h1-3H. The normalized spacial score (nSPS) is 10.3. The molecule has 0 radical (unpaired) electrons. The largest absolute Gasteiger partial charge is 0.234 e. The van der Waals surface area contributed by atoms with Crippen LogP contribution in [0.3, 0.4) is 0 Å². The maximum absolute atomic E-state index is 4.21. The molecule has 6 heteroatoms. The third-order valence-corrected chi connectivity index (χ3v) is 3.10. The minimum atomic E-state index is 0.644. The molecule has 2 heterocycles. The van der Waals surface area contributed by atoms with Gasteiger partial charge >= 0.3 is 0 Å². The molecule has 0 aromatic carbocycles. The smallest absolute Gasteiger partial charge is 0.179 e. The first-order valence-electron chi connectivity index (χ1n) is 3.34. The van der Waals surface area contributed by atoms with Gasteiger partial charge in [-0.25, -0.2) is 15.0 Å². The Bertz CT molecular complexity index is 412. The fourth-order valence-electron chi connectivity index (χ4n) is 0.799. The summed E-state index contributed by atoms with van der Waals surface area (Å²) in [5.74, 6) is 0.644. The summed E-state index contributed by atoms with van der Waals surface area (Å²) in [4.78, 5) is 12.5. The van der Waals surface area contributed by atoms with Crippen molar-refractivity contribution in [3.05, 3.63) is 26.2 Å². The Kier molecular flexibility index (Phi) is 2.71. The van der Waals surface area contributed by atoms with Gasteiger partial charge in [-0.05, 0) is 31.9 Å². The van der Waals surface area contributed by atoms with Crippen LogP contribution in [0.15, 0.2) is 26.2 Å². The monoisotopic (exact) mass is 319 g/mol. The van der Waals surface area contributed by atoms with Crippen molar-refractivity contribution >= 4 is 43.2 Å². The number of hydrogen-bond acceptors (Lipinski definition) is 4. The SMILES string of the molecule is Brc1cnc(-c2csc(Br)n2)nc1. The number of rotatable bonds is 1. The van der Waals surface area contributed by atoms with Gasteiger partial charge in [0.2, 0.25) is 0 Å². The van der Waals surface area contributed by atoms with Gasteiger partial charge in [-0.1, -0.05) is 0 Å². The van der Waals surface area contributed by atoms with Crippen molar-refractivity contribution in [2.24, 2.45) is 0 Å². The second-order valence-electron chi connectivity index (χ2n) is 2.21. The molecular formula is C7H3Br2N3S. The van der Waals surface area contributed by atoms with Crippen molar-refractivity contribution in [3.63, 3.8) is 0 Å². The van der Waals surface area contributed by atoms with E-state index in [-0.39, 0.29) is 0 Å². The van der Waals surface area contributed by atoms with E-state index in [4.69, 9.17) is 0 Å². The van der Waals surface area contributed by atoms with Gasteiger partial charge < -0.3 is 0 Å². The summed E-state index contributed by atoms with van der Waals surface area (Å²) in [5, 5.41) is 1.91. The number of hydrogen-bond donors (Lipinski definition) is 0. The van der Waals surface area contributed by atoms with E-state index < -0.39 is 0 Å². The van der Waals surface area contributed by atoms with Crippen molar-refractivity contribution in [1.82, 2.24) is 15.0 Å². The molecule has 2 aromatic rings. The minimum Gasteiger partial charge on any atom is -0.234 e. The Balaban J connectivity index is 2.41. The molecule has 0 atom stereocenters. The molecule has 0 aliphatic rings. The number of thiazole rings is 1. The average Bonchev–Trinajstić information content (AvgIpc) is 2.53. The lowest BCUT2D eigenvalue weighted by molar-refractivity contribution is 1.14. The van der Waals surface area contributed by atoms with Crippen molar-refractivity contribution in [3.8, 4) is 11.5 Å². The molecule has 0 aliphatic carbocycles. The predicted molar refractivity (Wildman–Crippen MR) is 58.5 cm³/mol. The molecule has 0 amide bonds. The second kappa shape index (κ2) is 3.81. The fraction of sp³-hybridized carbons (Fsp3) is 0. The fourth-order valence-corrected chi connectivity index (χ4v) is 1.99. The molecule has 13 heavy (non-hydrogen) atoms. The Morgan fingerprint density at radius 1 is 1.15 bits per heavy atom. The Hall–Kier alpha value is -0.330. The van der Waals surface area contributed by atoms with Crippen LogP contribution in [0.5, 0.6) is 0 Å². The highest BCUT2D eigenvalue weighted by Gasteiger charge is 2.04. The zero-order valence-corrected chi connectivity index (χ0v) is 10.2. The van der Waals surface area contributed by atoms with Gasteiger partial charge in [0.05, 0.1) is 4.47 Å². The molecular weight excluding hydrogens is 318 g/mol. The van der Waals surface area contributed by atoms with Gasteiger partial charge in [0.25, 0.3) is 0 Å². The van der Waals surface area contributed by atoms with E-state index in [0.717, 1.165) is 14.1 Å². The Morgan fingerprint density at radius 3 is 2.38 bits per heavy atom. The molecule has 0 spiro atoms. The topological polar surface area (TPSA) is 38.7 Å². The van der Waals surface area contributed by atoms with Gasteiger partial charge in [0, 0.05) is 17.8 Å². The van der Waals surface area contributed by atoms with E-state index in [9.17, 15) is 0 Å². The van der Waals surface area contributed by atoms with Crippen molar-refractivity contribution in [1.29, 1.82) is 0 Å². The highest BCUT2D eigenvalue weighted by molar-refractivity contribution is 9.11. The van der Waals surface area contributed by atoms with Crippen LogP contribution in [0.4, 0.5) is 0 Å². The van der Waals surface area contributed by atoms with E-state index in [2.05, 4.69) is 46.8 Å². The van der Waals surface area contributed by atoms with Gasteiger partial charge in [-0.3, -0.25) is 0 Å². The average molecular weight is 321 g/mol. The van der Waals surface area contributed by atoms with Crippen LogP contribution >= 0.6 is 43.2 Å². The molecule has 0 N–H and O–H groups in total. The van der Waals surface area contributed by atoms with Gasteiger partial charge in [-0.2, -0.15) is 0 Å². The summed E-state index contributed by atoms with van der Waals surface area (Å²) in [6.45, 7) is 0. The first-order valence-corrected chi connectivity index (χ1v) is 5.81. The van der Waals surface area contributed by atoms with Crippen LogP contribution in [0.1, 0.15) is 0 Å². The summed E-state index contributed by atoms with van der Waals surface area (Å²) in [5.41, 5.74) is 0.796. The van der Waals surface area contributed by atoms with Crippen LogP contribution < -0.4 is 0 Å². The van der Waals surface area contributed by atoms with E-state index in [1.807, 2.05) is 5.38 Å². The molecule has 0 bridgehead atoms. The second-order valence-corrected chi connectivity index (χ2v) is 5.26. The van der Waals surface area contributed by atoms with Crippen LogP contribution in [-0.4, -0.2) is 15.0 Å². The molecule has 2 rings (SSSR count). The zero-order valence-electron chi connectivity index (χ0n) is 6.24. The van der Waals surface area contributed by atoms with Crippen molar-refractivity contribution < 1.29 is 0 Å². The van der Waals surface area contributed by atoms with Gasteiger partial charge in [0.1, 0.15) is 5.69 Å². The summed E-state index contributed by atoms with van der Waals surface area (Å²) in [7, 11) is 0. The lowest BCUT2D eigenvalue weighted by atomic mass is 10.4. The maximum atomic E-state index is 4.21. The molecule has 0 saturated carbocycles. The third kappa shape index (κ3) is 2.12. The summed E-state index contributed by atoms with van der Waals surface area (Å²) in [6, 6.07) is 0. The van der Waals surface area contributed by atoms with Crippen LogP contribution in [0, 0.1) is 0 Å². The summed E-state index contributed by atoms with van der Waals surface area (Å²) < 4.78 is 1.71.